The molecular weight excluding hydrogens is 493 g/mol. The molecule has 1 saturated heterocycles. The van der Waals surface area contributed by atoms with E-state index in [1.54, 1.807) is 19.4 Å². The molecule has 0 aromatic carbocycles. The van der Waals surface area contributed by atoms with Crippen LogP contribution in [-0.2, 0) is 4.79 Å². The van der Waals surface area contributed by atoms with Crippen LogP contribution in [0.3, 0.4) is 0 Å². The molecule has 8 nitrogen and oxygen atoms in total. The molecule has 9 heteroatoms. The Morgan fingerprint density at radius 1 is 1.17 bits per heavy atom. The molecule has 1 unspecified atom stereocenters. The highest BCUT2D eigenvalue weighted by atomic mass is 127. The van der Waals surface area contributed by atoms with Crippen LogP contribution in [0, 0.1) is 5.92 Å². The van der Waals surface area contributed by atoms with E-state index in [0.29, 0.717) is 32.0 Å². The number of nitrogens with zero attached hydrogens (tertiary/aromatic N) is 5. The minimum absolute atomic E-state index is 0. The number of aliphatic imine (C=N–C) groups is 1. The summed E-state index contributed by atoms with van der Waals surface area (Å²) >= 11 is 0. The lowest BCUT2D eigenvalue weighted by Gasteiger charge is -2.34. The maximum Gasteiger partial charge on any atom is 0.225 e. The van der Waals surface area contributed by atoms with Crippen molar-refractivity contribution in [3.8, 4) is 0 Å². The summed E-state index contributed by atoms with van der Waals surface area (Å²) in [4.78, 5) is 29.4. The summed E-state index contributed by atoms with van der Waals surface area (Å²) in [6.07, 6.45) is 8.88. The van der Waals surface area contributed by atoms with E-state index >= 15 is 0 Å². The topological polar surface area (TPSA) is 85.8 Å². The largest absolute Gasteiger partial charge is 0.356 e. The van der Waals surface area contributed by atoms with Crippen LogP contribution in [0.2, 0.25) is 0 Å². The van der Waals surface area contributed by atoms with Gasteiger partial charge in [0.25, 0.3) is 0 Å². The standard InChI is InChI=1S/C21H37N7O.HI/c1-4-6-8-18(5-2)17-26-20(22-3)23-12-9-19(29)27-13-15-28(16-14-27)21-24-10-7-11-25-21;/h7,10-11,18H,4-6,8-9,12-17H2,1-3H3,(H2,22,23,26);1H. The highest BCUT2D eigenvalue weighted by Gasteiger charge is 2.22. The van der Waals surface area contributed by atoms with Crippen molar-refractivity contribution in [2.24, 2.45) is 10.9 Å². The van der Waals surface area contributed by atoms with E-state index < -0.39 is 0 Å². The predicted octanol–water partition coefficient (Wildman–Crippen LogP) is 2.51. The molecule has 1 amide bonds. The van der Waals surface area contributed by atoms with Gasteiger partial charge in [0.05, 0.1) is 0 Å². The lowest BCUT2D eigenvalue weighted by Crippen LogP contribution is -2.50. The van der Waals surface area contributed by atoms with Gasteiger partial charge in [0.2, 0.25) is 11.9 Å². The van der Waals surface area contributed by atoms with Crippen LogP contribution in [0.25, 0.3) is 0 Å². The van der Waals surface area contributed by atoms with E-state index in [9.17, 15) is 4.79 Å². The minimum Gasteiger partial charge on any atom is -0.356 e. The van der Waals surface area contributed by atoms with Gasteiger partial charge in [-0.15, -0.1) is 24.0 Å². The zero-order valence-electron chi connectivity index (χ0n) is 18.6. The molecule has 0 saturated carbocycles. The van der Waals surface area contributed by atoms with Gasteiger partial charge < -0.3 is 20.4 Å². The number of hydrogen-bond donors (Lipinski definition) is 2. The lowest BCUT2D eigenvalue weighted by molar-refractivity contribution is -0.131. The van der Waals surface area contributed by atoms with Gasteiger partial charge in [0.15, 0.2) is 5.96 Å². The van der Waals surface area contributed by atoms with Crippen molar-refractivity contribution in [2.75, 3.05) is 51.2 Å². The average molecular weight is 531 g/mol. The smallest absolute Gasteiger partial charge is 0.225 e. The van der Waals surface area contributed by atoms with Crippen molar-refractivity contribution in [3.63, 3.8) is 0 Å². The third-order valence-electron chi connectivity index (χ3n) is 5.42. The number of amides is 1. The van der Waals surface area contributed by atoms with Gasteiger partial charge in [-0.2, -0.15) is 0 Å². The van der Waals surface area contributed by atoms with Gasteiger partial charge in [-0.3, -0.25) is 9.79 Å². The number of aromatic nitrogens is 2. The first-order valence-corrected chi connectivity index (χ1v) is 10.9. The van der Waals surface area contributed by atoms with E-state index in [-0.39, 0.29) is 29.9 Å². The summed E-state index contributed by atoms with van der Waals surface area (Å²) in [5, 5.41) is 6.67. The fraction of sp³-hybridized carbons (Fsp3) is 0.714. The number of unbranched alkanes of at least 4 members (excludes halogenated alkanes) is 1. The van der Waals surface area contributed by atoms with Gasteiger partial charge in [-0.25, -0.2) is 9.97 Å². The molecule has 1 aliphatic heterocycles. The van der Waals surface area contributed by atoms with Gasteiger partial charge >= 0.3 is 0 Å². The molecule has 0 aliphatic carbocycles. The predicted molar refractivity (Wildman–Crippen MR) is 134 cm³/mol. The molecule has 0 radical (unpaired) electrons. The molecule has 2 rings (SSSR count). The van der Waals surface area contributed by atoms with Crippen LogP contribution >= 0.6 is 24.0 Å². The normalized spacial score (nSPS) is 15.4. The fourth-order valence-electron chi connectivity index (χ4n) is 3.46. The van der Waals surface area contributed by atoms with E-state index in [1.807, 2.05) is 11.0 Å². The second-order valence-electron chi connectivity index (χ2n) is 7.46. The number of guanidine groups is 1. The van der Waals surface area contributed by atoms with Crippen molar-refractivity contribution in [3.05, 3.63) is 18.5 Å². The second-order valence-corrected chi connectivity index (χ2v) is 7.46. The molecule has 2 heterocycles. The Morgan fingerprint density at radius 3 is 2.47 bits per heavy atom. The van der Waals surface area contributed by atoms with E-state index in [4.69, 9.17) is 0 Å². The number of anilines is 1. The first-order valence-electron chi connectivity index (χ1n) is 10.9. The molecule has 1 atom stereocenters. The fourth-order valence-corrected chi connectivity index (χ4v) is 3.46. The lowest BCUT2D eigenvalue weighted by atomic mass is 9.99. The molecule has 1 aromatic rings. The zero-order valence-corrected chi connectivity index (χ0v) is 21.0. The number of carbonyl (C=O) groups excluding carboxylic acids is 1. The van der Waals surface area contributed by atoms with E-state index in [0.717, 1.165) is 31.5 Å². The Kier molecular flexibility index (Phi) is 13.4. The Bertz CT molecular complexity index is 621. The molecule has 0 spiro atoms. The summed E-state index contributed by atoms with van der Waals surface area (Å²) in [7, 11) is 1.77. The molecule has 0 bridgehead atoms. The Hall–Kier alpha value is -1.65. The van der Waals surface area contributed by atoms with Gasteiger partial charge in [0.1, 0.15) is 0 Å². The van der Waals surface area contributed by atoms with Crippen molar-refractivity contribution in [1.82, 2.24) is 25.5 Å². The maximum atomic E-state index is 12.5. The summed E-state index contributed by atoms with van der Waals surface area (Å²) in [5.41, 5.74) is 0. The molecule has 1 fully saturated rings. The number of carbonyl (C=O) groups is 1. The minimum atomic E-state index is 0. The third-order valence-corrected chi connectivity index (χ3v) is 5.42. The first kappa shape index (κ1) is 26.4. The third kappa shape index (κ3) is 9.01. The van der Waals surface area contributed by atoms with Gasteiger partial charge in [-0.1, -0.05) is 33.1 Å². The van der Waals surface area contributed by atoms with Crippen LogP contribution in [0.1, 0.15) is 46.0 Å². The Labute approximate surface area is 198 Å². The molecule has 30 heavy (non-hydrogen) atoms. The second kappa shape index (κ2) is 15.2. The number of halogens is 1. The first-order chi connectivity index (χ1) is 14.2. The van der Waals surface area contributed by atoms with Crippen molar-refractivity contribution < 1.29 is 4.79 Å². The van der Waals surface area contributed by atoms with E-state index in [2.05, 4.69) is 44.3 Å². The monoisotopic (exact) mass is 531 g/mol. The van der Waals surface area contributed by atoms with E-state index in [1.165, 1.54) is 25.7 Å². The van der Waals surface area contributed by atoms with Crippen LogP contribution in [0.4, 0.5) is 5.95 Å². The van der Waals surface area contributed by atoms with Crippen molar-refractivity contribution in [2.45, 2.75) is 46.0 Å². The van der Waals surface area contributed by atoms with Gasteiger partial charge in [-0.05, 0) is 18.4 Å². The van der Waals surface area contributed by atoms with Gasteiger partial charge in [0, 0.05) is 65.1 Å². The quantitative estimate of drug-likeness (QED) is 0.274. The summed E-state index contributed by atoms with van der Waals surface area (Å²) in [6.45, 7) is 8.93. The summed E-state index contributed by atoms with van der Waals surface area (Å²) in [5.74, 6) is 2.36. The number of hydrogen-bond acceptors (Lipinski definition) is 5. The van der Waals surface area contributed by atoms with Crippen LogP contribution in [-0.4, -0.2) is 73.1 Å². The Balaban J connectivity index is 0.00000450. The van der Waals surface area contributed by atoms with Crippen molar-refractivity contribution >= 4 is 41.8 Å². The average Bonchev–Trinajstić information content (AvgIpc) is 2.78. The summed E-state index contributed by atoms with van der Waals surface area (Å²) in [6, 6.07) is 1.81. The molecule has 2 N–H and O–H groups in total. The highest BCUT2D eigenvalue weighted by Crippen LogP contribution is 2.11. The molecule has 1 aliphatic rings. The SMILES string of the molecule is CCCCC(CC)CNC(=NC)NCCC(=O)N1CCN(c2ncccn2)CC1.I. The number of nitrogens with one attached hydrogen (secondary N) is 2. The molecule has 170 valence electrons. The number of rotatable bonds is 10. The van der Waals surface area contributed by atoms with Crippen LogP contribution in [0.15, 0.2) is 23.5 Å². The molecule has 1 aromatic heterocycles. The van der Waals surface area contributed by atoms with Crippen LogP contribution in [0.5, 0.6) is 0 Å². The van der Waals surface area contributed by atoms with Crippen molar-refractivity contribution in [1.29, 1.82) is 0 Å². The van der Waals surface area contributed by atoms with Crippen LogP contribution < -0.4 is 15.5 Å². The maximum absolute atomic E-state index is 12.5. The highest BCUT2D eigenvalue weighted by molar-refractivity contribution is 14.0. The molecular formula is C21H38IN7O. The zero-order chi connectivity index (χ0) is 20.9. The summed E-state index contributed by atoms with van der Waals surface area (Å²) < 4.78 is 0. The number of piperazine rings is 1. The Morgan fingerprint density at radius 2 is 1.87 bits per heavy atom.